The second-order valence-electron chi connectivity index (χ2n) is 4.01. The van der Waals surface area contributed by atoms with Crippen LogP contribution in [0.3, 0.4) is 0 Å². The van der Waals surface area contributed by atoms with Gasteiger partial charge in [-0.05, 0) is 12.1 Å². The first-order chi connectivity index (χ1) is 9.47. The van der Waals surface area contributed by atoms with Crippen molar-refractivity contribution >= 4 is 11.8 Å². The Bertz CT molecular complexity index is 649. The third-order valence-electron chi connectivity index (χ3n) is 2.44. The molecule has 1 aromatic carbocycles. The number of hydrogen-bond donors (Lipinski definition) is 1. The molecular formula is C12H10F2N4O2. The van der Waals surface area contributed by atoms with Crippen molar-refractivity contribution in [1.82, 2.24) is 20.3 Å². The van der Waals surface area contributed by atoms with Crippen LogP contribution in [0.5, 0.6) is 0 Å². The number of nitrogens with zero attached hydrogens (tertiary/aromatic N) is 3. The van der Waals surface area contributed by atoms with Gasteiger partial charge in [0.2, 0.25) is 5.91 Å². The molecule has 0 aliphatic carbocycles. The van der Waals surface area contributed by atoms with Gasteiger partial charge in [-0.2, -0.15) is 0 Å². The first-order valence-corrected chi connectivity index (χ1v) is 5.62. The van der Waals surface area contributed by atoms with Crippen LogP contribution in [0, 0.1) is 11.6 Å². The topological polar surface area (TPSA) is 76.9 Å². The molecule has 1 aromatic heterocycles. The van der Waals surface area contributed by atoms with E-state index in [-0.39, 0.29) is 17.8 Å². The average molecular weight is 280 g/mol. The molecule has 104 valence electrons. The van der Waals surface area contributed by atoms with E-state index >= 15 is 0 Å². The molecule has 1 heterocycles. The maximum absolute atomic E-state index is 13.4. The molecule has 0 saturated heterocycles. The summed E-state index contributed by atoms with van der Waals surface area (Å²) >= 11 is 0. The lowest BCUT2D eigenvalue weighted by Crippen LogP contribution is -2.28. The largest absolute Gasteiger partial charge is 0.291 e. The van der Waals surface area contributed by atoms with Gasteiger partial charge in [-0.3, -0.25) is 14.9 Å². The Morgan fingerprint density at radius 3 is 2.55 bits per heavy atom. The molecule has 20 heavy (non-hydrogen) atoms. The van der Waals surface area contributed by atoms with E-state index in [1.807, 2.05) is 5.32 Å². The van der Waals surface area contributed by atoms with Gasteiger partial charge >= 0.3 is 0 Å². The van der Waals surface area contributed by atoms with Crippen molar-refractivity contribution in [2.45, 2.75) is 13.5 Å². The Morgan fingerprint density at radius 2 is 1.95 bits per heavy atom. The van der Waals surface area contributed by atoms with Gasteiger partial charge in [-0.1, -0.05) is 11.3 Å². The summed E-state index contributed by atoms with van der Waals surface area (Å²) in [6, 6.07) is 3.50. The molecule has 2 rings (SSSR count). The summed E-state index contributed by atoms with van der Waals surface area (Å²) in [7, 11) is 0. The van der Waals surface area contributed by atoms with Crippen LogP contribution >= 0.6 is 0 Å². The fraction of sp³-hybridized carbons (Fsp3) is 0.167. The lowest BCUT2D eigenvalue weighted by atomic mass is 10.2. The molecule has 2 aromatic rings. The zero-order valence-corrected chi connectivity index (χ0v) is 10.4. The number of imide groups is 1. The zero-order chi connectivity index (χ0) is 14.7. The van der Waals surface area contributed by atoms with Crippen LogP contribution in [-0.2, 0) is 11.3 Å². The summed E-state index contributed by atoms with van der Waals surface area (Å²) in [6.45, 7) is 0.968. The van der Waals surface area contributed by atoms with Crippen LogP contribution in [0.4, 0.5) is 8.78 Å². The summed E-state index contributed by atoms with van der Waals surface area (Å²) in [5, 5.41) is 9.13. The minimum atomic E-state index is -0.724. The van der Waals surface area contributed by atoms with E-state index < -0.39 is 23.4 Å². The molecular weight excluding hydrogens is 270 g/mol. The molecule has 1 N–H and O–H groups in total. The minimum absolute atomic E-state index is 0.114. The van der Waals surface area contributed by atoms with Crippen molar-refractivity contribution in [3.63, 3.8) is 0 Å². The van der Waals surface area contributed by atoms with Crippen molar-refractivity contribution < 1.29 is 18.4 Å². The van der Waals surface area contributed by atoms with E-state index in [0.29, 0.717) is 0 Å². The minimum Gasteiger partial charge on any atom is -0.291 e. The van der Waals surface area contributed by atoms with Crippen molar-refractivity contribution in [3.05, 3.63) is 47.3 Å². The number of nitrogens with one attached hydrogen (secondary N) is 1. The third kappa shape index (κ3) is 3.02. The standard InChI is InChI=1S/C12H10F2N4O2/c1-7(19)15-12(20)11-6-18(17-16-11)5-8-9(13)3-2-4-10(8)14/h2-4,6H,5H2,1H3,(H,15,19,20). The fourth-order valence-electron chi connectivity index (χ4n) is 1.55. The second kappa shape index (κ2) is 5.55. The molecule has 0 atom stereocenters. The van der Waals surface area contributed by atoms with E-state index in [0.717, 1.165) is 16.8 Å². The van der Waals surface area contributed by atoms with Crippen molar-refractivity contribution in [2.24, 2.45) is 0 Å². The molecule has 6 nitrogen and oxygen atoms in total. The van der Waals surface area contributed by atoms with Gasteiger partial charge in [-0.15, -0.1) is 5.10 Å². The number of amides is 2. The molecule has 8 heteroatoms. The van der Waals surface area contributed by atoms with E-state index in [1.54, 1.807) is 0 Å². The summed E-state index contributed by atoms with van der Waals surface area (Å²) in [6.07, 6.45) is 1.20. The predicted molar refractivity (Wildman–Crippen MR) is 63.6 cm³/mol. The molecule has 0 bridgehead atoms. The number of carbonyl (C=O) groups excluding carboxylic acids is 2. The second-order valence-corrected chi connectivity index (χ2v) is 4.01. The molecule has 0 saturated carbocycles. The lowest BCUT2D eigenvalue weighted by Gasteiger charge is -2.03. The maximum Gasteiger partial charge on any atom is 0.280 e. The highest BCUT2D eigenvalue weighted by atomic mass is 19.1. The smallest absolute Gasteiger partial charge is 0.280 e. The SMILES string of the molecule is CC(=O)NC(=O)c1cn(Cc2c(F)cccc2F)nn1. The van der Waals surface area contributed by atoms with E-state index in [1.165, 1.54) is 19.2 Å². The van der Waals surface area contributed by atoms with Crippen molar-refractivity contribution in [3.8, 4) is 0 Å². The zero-order valence-electron chi connectivity index (χ0n) is 10.4. The first-order valence-electron chi connectivity index (χ1n) is 5.62. The molecule has 0 radical (unpaired) electrons. The number of benzene rings is 1. The predicted octanol–water partition coefficient (Wildman–Crippen LogP) is 0.881. The Labute approximate surface area is 112 Å². The fourth-order valence-corrected chi connectivity index (χ4v) is 1.55. The molecule has 2 amide bonds. The number of rotatable bonds is 3. The molecule has 0 fully saturated rings. The van der Waals surface area contributed by atoms with E-state index in [9.17, 15) is 18.4 Å². The van der Waals surface area contributed by atoms with Crippen LogP contribution in [0.15, 0.2) is 24.4 Å². The van der Waals surface area contributed by atoms with Gasteiger partial charge in [0.25, 0.3) is 5.91 Å². The van der Waals surface area contributed by atoms with Gasteiger partial charge in [0.1, 0.15) is 11.6 Å². The van der Waals surface area contributed by atoms with Crippen molar-refractivity contribution in [1.29, 1.82) is 0 Å². The quantitative estimate of drug-likeness (QED) is 0.905. The summed E-state index contributed by atoms with van der Waals surface area (Å²) in [5.74, 6) is -2.69. The summed E-state index contributed by atoms with van der Waals surface area (Å²) in [5.41, 5.74) is -0.298. The third-order valence-corrected chi connectivity index (χ3v) is 2.44. The lowest BCUT2D eigenvalue weighted by molar-refractivity contribution is -0.118. The van der Waals surface area contributed by atoms with Gasteiger partial charge in [0.05, 0.1) is 12.7 Å². The molecule has 0 unspecified atom stereocenters. The Hall–Kier alpha value is -2.64. The van der Waals surface area contributed by atoms with E-state index in [2.05, 4.69) is 10.3 Å². The van der Waals surface area contributed by atoms with Gasteiger partial charge in [0, 0.05) is 12.5 Å². The van der Waals surface area contributed by atoms with Crippen LogP contribution < -0.4 is 5.32 Å². The number of carbonyl (C=O) groups is 2. The van der Waals surface area contributed by atoms with Gasteiger partial charge in [-0.25, -0.2) is 13.5 Å². The monoisotopic (exact) mass is 280 g/mol. The van der Waals surface area contributed by atoms with Crippen LogP contribution in [0.25, 0.3) is 0 Å². The summed E-state index contributed by atoms with van der Waals surface area (Å²) < 4.78 is 28.0. The average Bonchev–Trinajstić information content (AvgIpc) is 2.82. The highest BCUT2D eigenvalue weighted by molar-refractivity contribution is 6.02. The van der Waals surface area contributed by atoms with Gasteiger partial charge in [0.15, 0.2) is 5.69 Å². The Balaban J connectivity index is 2.18. The van der Waals surface area contributed by atoms with E-state index in [4.69, 9.17) is 0 Å². The Kier molecular flexibility index (Phi) is 3.83. The maximum atomic E-state index is 13.4. The van der Waals surface area contributed by atoms with Crippen LogP contribution in [-0.4, -0.2) is 26.8 Å². The van der Waals surface area contributed by atoms with Gasteiger partial charge < -0.3 is 0 Å². The first kappa shape index (κ1) is 13.8. The Morgan fingerprint density at radius 1 is 1.30 bits per heavy atom. The number of aromatic nitrogens is 3. The van der Waals surface area contributed by atoms with Crippen LogP contribution in [0.1, 0.15) is 23.0 Å². The number of halogens is 2. The molecule has 0 aliphatic heterocycles. The highest BCUT2D eigenvalue weighted by Gasteiger charge is 2.14. The molecule has 0 aliphatic rings. The van der Waals surface area contributed by atoms with Crippen LogP contribution in [0.2, 0.25) is 0 Å². The normalized spacial score (nSPS) is 10.3. The highest BCUT2D eigenvalue weighted by Crippen LogP contribution is 2.13. The summed E-state index contributed by atoms with van der Waals surface area (Å²) in [4.78, 5) is 22.2. The molecule has 0 spiro atoms. The number of hydrogen-bond acceptors (Lipinski definition) is 4. The van der Waals surface area contributed by atoms with Crippen molar-refractivity contribution in [2.75, 3.05) is 0 Å².